The maximum Gasteiger partial charge on any atom is 0.231 e. The first-order valence-electron chi connectivity index (χ1n) is 8.57. The number of carbonyl (C=O) groups is 1. The SMILES string of the molecule is C=CC[C@@H]1CC(C)=C[C@@H](CC=C)N1C(=O)C1CNNC1n1cnnn1. The topological polar surface area (TPSA) is 88.0 Å². The van der Waals surface area contributed by atoms with Gasteiger partial charge < -0.3 is 4.90 Å². The van der Waals surface area contributed by atoms with Gasteiger partial charge in [0.15, 0.2) is 0 Å². The van der Waals surface area contributed by atoms with E-state index in [4.69, 9.17) is 0 Å². The molecule has 8 nitrogen and oxygen atoms in total. The predicted octanol–water partition coefficient (Wildman–Crippen LogP) is 0.964. The Bertz CT molecular complexity index is 654. The lowest BCUT2D eigenvalue weighted by Gasteiger charge is -2.42. The molecule has 2 N–H and O–H groups in total. The number of nitrogens with one attached hydrogen (secondary N) is 2. The Morgan fingerprint density at radius 1 is 1.40 bits per heavy atom. The van der Waals surface area contributed by atoms with Crippen molar-refractivity contribution in [1.82, 2.24) is 36.0 Å². The van der Waals surface area contributed by atoms with E-state index >= 15 is 0 Å². The van der Waals surface area contributed by atoms with Gasteiger partial charge in [-0.1, -0.05) is 23.8 Å². The van der Waals surface area contributed by atoms with E-state index in [0.717, 1.165) is 19.3 Å². The van der Waals surface area contributed by atoms with Crippen LogP contribution in [0.1, 0.15) is 32.4 Å². The van der Waals surface area contributed by atoms with Crippen molar-refractivity contribution in [3.63, 3.8) is 0 Å². The minimum atomic E-state index is -0.303. The van der Waals surface area contributed by atoms with Crippen molar-refractivity contribution in [3.05, 3.63) is 43.3 Å². The Morgan fingerprint density at radius 2 is 2.20 bits per heavy atom. The summed E-state index contributed by atoms with van der Waals surface area (Å²) in [5.74, 6) is -0.185. The van der Waals surface area contributed by atoms with Crippen LogP contribution in [0.15, 0.2) is 43.3 Å². The lowest BCUT2D eigenvalue weighted by atomic mass is 9.90. The van der Waals surface area contributed by atoms with Crippen molar-refractivity contribution in [2.45, 2.75) is 44.4 Å². The minimum absolute atomic E-state index is 0.0267. The van der Waals surface area contributed by atoms with Crippen molar-refractivity contribution in [2.24, 2.45) is 5.92 Å². The second-order valence-corrected chi connectivity index (χ2v) is 6.60. The molecule has 1 amide bonds. The molecule has 0 saturated carbocycles. The van der Waals surface area contributed by atoms with Crippen molar-refractivity contribution >= 4 is 5.91 Å². The van der Waals surface area contributed by atoms with Gasteiger partial charge in [0, 0.05) is 12.6 Å². The number of carbonyl (C=O) groups excluding carboxylic acids is 1. The number of hydrogen-bond acceptors (Lipinski definition) is 6. The maximum atomic E-state index is 13.4. The minimum Gasteiger partial charge on any atom is -0.332 e. The highest BCUT2D eigenvalue weighted by Crippen LogP contribution is 2.31. The molecule has 2 aliphatic rings. The van der Waals surface area contributed by atoms with Crippen LogP contribution < -0.4 is 10.9 Å². The molecule has 1 saturated heterocycles. The summed E-state index contributed by atoms with van der Waals surface area (Å²) in [6, 6.07) is 0.147. The van der Waals surface area contributed by atoms with E-state index in [9.17, 15) is 4.79 Å². The van der Waals surface area contributed by atoms with Crippen molar-refractivity contribution < 1.29 is 4.79 Å². The van der Waals surface area contributed by atoms with Gasteiger partial charge in [-0.05, 0) is 36.6 Å². The van der Waals surface area contributed by atoms with Gasteiger partial charge in [-0.3, -0.25) is 10.2 Å². The number of aromatic nitrogens is 4. The van der Waals surface area contributed by atoms with E-state index in [1.807, 2.05) is 17.1 Å². The first-order chi connectivity index (χ1) is 12.2. The molecule has 2 aliphatic heterocycles. The van der Waals surface area contributed by atoms with Crippen molar-refractivity contribution in [3.8, 4) is 0 Å². The van der Waals surface area contributed by atoms with Crippen LogP contribution in [0.25, 0.3) is 0 Å². The third kappa shape index (κ3) is 3.54. The maximum absolute atomic E-state index is 13.4. The number of nitrogens with zero attached hydrogens (tertiary/aromatic N) is 5. The summed E-state index contributed by atoms with van der Waals surface area (Å²) in [6.07, 6.45) is 9.53. The van der Waals surface area contributed by atoms with Crippen LogP contribution in [0.4, 0.5) is 0 Å². The third-order valence-electron chi connectivity index (χ3n) is 4.81. The molecule has 1 fully saturated rings. The molecule has 0 aliphatic carbocycles. The largest absolute Gasteiger partial charge is 0.332 e. The smallest absolute Gasteiger partial charge is 0.231 e. The second-order valence-electron chi connectivity index (χ2n) is 6.60. The monoisotopic (exact) mass is 343 g/mol. The highest BCUT2D eigenvalue weighted by atomic mass is 16.2. The zero-order valence-electron chi connectivity index (χ0n) is 14.5. The number of hydrazine groups is 1. The standard InChI is InChI=1S/C17H25N7O/c1-4-6-13-8-12(3)9-14(7-5-2)24(13)17(25)15-10-18-20-16(15)23-11-19-21-22-23/h4-5,8,11,13-16,18,20H,1-2,6-7,9-10H2,3H3/t13-,14-,15?,16?/m1/s1. The lowest BCUT2D eigenvalue weighted by Crippen LogP contribution is -2.52. The fourth-order valence-corrected chi connectivity index (χ4v) is 3.75. The van der Waals surface area contributed by atoms with Gasteiger partial charge in [0.05, 0.1) is 12.0 Å². The first kappa shape index (κ1) is 17.5. The van der Waals surface area contributed by atoms with Crippen LogP contribution in [-0.2, 0) is 4.79 Å². The van der Waals surface area contributed by atoms with E-state index in [2.05, 4.69) is 52.5 Å². The highest BCUT2D eigenvalue weighted by Gasteiger charge is 2.42. The number of tetrazole rings is 1. The second kappa shape index (κ2) is 7.71. The quantitative estimate of drug-likeness (QED) is 0.748. The van der Waals surface area contributed by atoms with Crippen LogP contribution in [-0.4, -0.2) is 49.6 Å². The van der Waals surface area contributed by atoms with E-state index < -0.39 is 0 Å². The fraction of sp³-hybridized carbons (Fsp3) is 0.529. The summed E-state index contributed by atoms with van der Waals surface area (Å²) in [5, 5.41) is 11.3. The van der Waals surface area contributed by atoms with Gasteiger partial charge >= 0.3 is 0 Å². The molecular formula is C17H25N7O. The van der Waals surface area contributed by atoms with Gasteiger partial charge in [0.1, 0.15) is 12.5 Å². The normalized spacial score (nSPS) is 29.3. The number of rotatable bonds is 6. The molecule has 3 heterocycles. The van der Waals surface area contributed by atoms with Gasteiger partial charge in [0.2, 0.25) is 5.91 Å². The van der Waals surface area contributed by atoms with Crippen LogP contribution in [0, 0.1) is 5.92 Å². The van der Waals surface area contributed by atoms with Crippen LogP contribution in [0.3, 0.4) is 0 Å². The zero-order chi connectivity index (χ0) is 17.8. The van der Waals surface area contributed by atoms with Gasteiger partial charge in [0.25, 0.3) is 0 Å². The molecule has 1 aromatic heterocycles. The molecule has 0 radical (unpaired) electrons. The number of amides is 1. The van der Waals surface area contributed by atoms with Gasteiger partial charge in [-0.25, -0.2) is 10.1 Å². The van der Waals surface area contributed by atoms with Crippen LogP contribution >= 0.6 is 0 Å². The van der Waals surface area contributed by atoms with Gasteiger partial charge in [-0.2, -0.15) is 0 Å². The van der Waals surface area contributed by atoms with E-state index in [0.29, 0.717) is 6.54 Å². The Balaban J connectivity index is 1.88. The molecule has 0 aromatic carbocycles. The van der Waals surface area contributed by atoms with E-state index in [1.165, 1.54) is 11.9 Å². The van der Waals surface area contributed by atoms with E-state index in [1.54, 1.807) is 4.68 Å². The molecule has 1 aromatic rings. The molecule has 0 spiro atoms. The van der Waals surface area contributed by atoms with Crippen LogP contribution in [0.5, 0.6) is 0 Å². The Labute approximate surface area is 147 Å². The summed E-state index contributed by atoms with van der Waals surface area (Å²) < 4.78 is 1.58. The first-order valence-corrected chi connectivity index (χ1v) is 8.57. The molecule has 25 heavy (non-hydrogen) atoms. The average molecular weight is 343 g/mol. The Kier molecular flexibility index (Phi) is 5.40. The molecule has 0 bridgehead atoms. The van der Waals surface area contributed by atoms with Crippen LogP contribution in [0.2, 0.25) is 0 Å². The third-order valence-corrected chi connectivity index (χ3v) is 4.81. The molecule has 2 unspecified atom stereocenters. The molecule has 8 heteroatoms. The fourth-order valence-electron chi connectivity index (χ4n) is 3.75. The molecule has 4 atom stereocenters. The summed E-state index contributed by atoms with van der Waals surface area (Å²) in [6.45, 7) is 10.4. The predicted molar refractivity (Wildman–Crippen MR) is 93.9 cm³/mol. The summed E-state index contributed by atoms with van der Waals surface area (Å²) >= 11 is 0. The Morgan fingerprint density at radius 3 is 2.88 bits per heavy atom. The lowest BCUT2D eigenvalue weighted by molar-refractivity contribution is -0.140. The van der Waals surface area contributed by atoms with E-state index in [-0.39, 0.29) is 30.1 Å². The molecule has 3 rings (SSSR count). The van der Waals surface area contributed by atoms with Gasteiger partial charge in [-0.15, -0.1) is 18.3 Å². The molecule has 134 valence electrons. The zero-order valence-corrected chi connectivity index (χ0v) is 14.5. The highest BCUT2D eigenvalue weighted by molar-refractivity contribution is 5.81. The molecular weight excluding hydrogens is 318 g/mol. The summed E-state index contributed by atoms with van der Waals surface area (Å²) in [4.78, 5) is 15.5. The summed E-state index contributed by atoms with van der Waals surface area (Å²) in [7, 11) is 0. The average Bonchev–Trinajstić information content (AvgIpc) is 3.26. The summed E-state index contributed by atoms with van der Waals surface area (Å²) in [5.41, 5.74) is 7.47. The van der Waals surface area contributed by atoms with Crippen molar-refractivity contribution in [1.29, 1.82) is 0 Å². The Hall–Kier alpha value is -2.32. The number of hydrogen-bond donors (Lipinski definition) is 2. The van der Waals surface area contributed by atoms with Crippen molar-refractivity contribution in [2.75, 3.05) is 6.54 Å².